The molecule has 38 heavy (non-hydrogen) atoms. The van der Waals surface area contributed by atoms with Crippen LogP contribution in [-0.4, -0.2) is 47.9 Å². The van der Waals surface area contributed by atoms with E-state index in [9.17, 15) is 14.7 Å². The Labute approximate surface area is 229 Å². The molecule has 1 amide bonds. The Balaban J connectivity index is 1.71. The molecule has 1 aliphatic heterocycles. The molecule has 0 bridgehead atoms. The van der Waals surface area contributed by atoms with Crippen LogP contribution in [0.3, 0.4) is 0 Å². The predicted octanol–water partition coefficient (Wildman–Crippen LogP) is 6.26. The van der Waals surface area contributed by atoms with E-state index >= 15 is 0 Å². The molecule has 0 spiro atoms. The molecule has 1 fully saturated rings. The number of aliphatic imine (C=N–C) groups is 1. The lowest BCUT2D eigenvalue weighted by molar-refractivity contribution is -0.122. The number of methoxy groups -OCH3 is 2. The smallest absolute Gasteiger partial charge is 0.335 e. The Kier molecular flexibility index (Phi) is 8.60. The van der Waals surface area contributed by atoms with Gasteiger partial charge in [0, 0.05) is 0 Å². The van der Waals surface area contributed by atoms with E-state index in [-0.39, 0.29) is 18.0 Å². The van der Waals surface area contributed by atoms with Crippen molar-refractivity contribution in [2.45, 2.75) is 13.5 Å². The predicted molar refractivity (Wildman–Crippen MR) is 149 cm³/mol. The first kappa shape index (κ1) is 27.1. The van der Waals surface area contributed by atoms with Crippen molar-refractivity contribution < 1.29 is 28.9 Å². The lowest BCUT2D eigenvalue weighted by Gasteiger charge is -2.16. The molecule has 1 saturated heterocycles. The maximum atomic E-state index is 13.6. The van der Waals surface area contributed by atoms with E-state index in [1.54, 1.807) is 66.6 Å². The standard InChI is InChI=1S/C28H25ClN2O6S/c1-4-37-23-14-18(13-22(29)25(23)36-3)15-24-26(32)31(16-17-5-7-19(8-6-17)27(33)34)28(38-24)30-20-9-11-21(35-2)12-10-20/h5-15H,4,16H2,1-3H3,(H,33,34)/b24-15-,30-28?. The van der Waals surface area contributed by atoms with Gasteiger partial charge in [0.15, 0.2) is 16.7 Å². The summed E-state index contributed by atoms with van der Waals surface area (Å²) < 4.78 is 16.2. The summed E-state index contributed by atoms with van der Waals surface area (Å²) in [5.41, 5.74) is 2.26. The highest BCUT2D eigenvalue weighted by Crippen LogP contribution is 2.40. The fourth-order valence-electron chi connectivity index (χ4n) is 3.72. The summed E-state index contributed by atoms with van der Waals surface area (Å²) in [5, 5.41) is 10.0. The maximum absolute atomic E-state index is 13.6. The highest BCUT2D eigenvalue weighted by atomic mass is 35.5. The van der Waals surface area contributed by atoms with Crippen LogP contribution in [-0.2, 0) is 11.3 Å². The van der Waals surface area contributed by atoms with Crippen molar-refractivity contribution in [2.24, 2.45) is 4.99 Å². The summed E-state index contributed by atoms with van der Waals surface area (Å²) in [6.45, 7) is 2.50. The molecular formula is C28H25ClN2O6S. The van der Waals surface area contributed by atoms with Crippen molar-refractivity contribution in [3.8, 4) is 17.2 Å². The molecule has 4 rings (SSSR count). The number of hydrogen-bond acceptors (Lipinski definition) is 7. The number of ether oxygens (including phenoxy) is 3. The Bertz CT molecular complexity index is 1400. The molecule has 3 aromatic carbocycles. The molecule has 1 N–H and O–H groups in total. The number of nitrogens with zero attached hydrogens (tertiary/aromatic N) is 2. The topological polar surface area (TPSA) is 97.7 Å². The molecule has 0 radical (unpaired) electrons. The summed E-state index contributed by atoms with van der Waals surface area (Å²) in [7, 11) is 3.10. The minimum Gasteiger partial charge on any atom is -0.497 e. The summed E-state index contributed by atoms with van der Waals surface area (Å²) in [6.07, 6.45) is 1.73. The van der Waals surface area contributed by atoms with Crippen molar-refractivity contribution in [3.63, 3.8) is 0 Å². The van der Waals surface area contributed by atoms with Crippen LogP contribution in [0.4, 0.5) is 5.69 Å². The lowest BCUT2D eigenvalue weighted by Crippen LogP contribution is -2.28. The Morgan fingerprint density at radius 3 is 2.39 bits per heavy atom. The summed E-state index contributed by atoms with van der Waals surface area (Å²) in [6, 6.07) is 17.1. The molecule has 8 nitrogen and oxygen atoms in total. The van der Waals surface area contributed by atoms with E-state index in [2.05, 4.69) is 0 Å². The number of thioether (sulfide) groups is 1. The number of amides is 1. The largest absolute Gasteiger partial charge is 0.497 e. The zero-order valence-electron chi connectivity index (χ0n) is 20.9. The van der Waals surface area contributed by atoms with Gasteiger partial charge in [-0.3, -0.25) is 9.69 Å². The number of halogens is 1. The number of carbonyl (C=O) groups excluding carboxylic acids is 1. The molecule has 1 aliphatic rings. The average molecular weight is 553 g/mol. The molecule has 0 saturated carbocycles. The summed E-state index contributed by atoms with van der Waals surface area (Å²) in [4.78, 5) is 31.5. The first-order chi connectivity index (χ1) is 18.3. The molecule has 0 atom stereocenters. The first-order valence-corrected chi connectivity index (χ1v) is 12.8. The van der Waals surface area contributed by atoms with Gasteiger partial charge in [-0.15, -0.1) is 0 Å². The Morgan fingerprint density at radius 2 is 1.79 bits per heavy atom. The number of carbonyl (C=O) groups is 2. The molecule has 196 valence electrons. The second kappa shape index (κ2) is 12.1. The van der Waals surface area contributed by atoms with Gasteiger partial charge >= 0.3 is 5.97 Å². The van der Waals surface area contributed by atoms with Gasteiger partial charge in [0.05, 0.1) is 48.5 Å². The lowest BCUT2D eigenvalue weighted by atomic mass is 10.1. The first-order valence-electron chi connectivity index (χ1n) is 11.6. The van der Waals surface area contributed by atoms with E-state index in [1.165, 1.54) is 31.0 Å². The number of carboxylic acids is 1. The van der Waals surface area contributed by atoms with Gasteiger partial charge in [0.25, 0.3) is 5.91 Å². The molecule has 1 heterocycles. The normalized spacial score (nSPS) is 15.3. The van der Waals surface area contributed by atoms with Crippen molar-refractivity contribution in [1.82, 2.24) is 4.90 Å². The van der Waals surface area contributed by atoms with Crippen LogP contribution in [0.5, 0.6) is 17.2 Å². The molecule has 3 aromatic rings. The van der Waals surface area contributed by atoms with E-state index in [1.807, 2.05) is 6.92 Å². The minimum atomic E-state index is -1.01. The number of benzene rings is 3. The monoisotopic (exact) mass is 552 g/mol. The zero-order valence-corrected chi connectivity index (χ0v) is 22.5. The van der Waals surface area contributed by atoms with E-state index < -0.39 is 5.97 Å². The average Bonchev–Trinajstić information content (AvgIpc) is 3.18. The zero-order chi connectivity index (χ0) is 27.2. The van der Waals surface area contributed by atoms with Crippen LogP contribution < -0.4 is 14.2 Å². The summed E-state index contributed by atoms with van der Waals surface area (Å²) >= 11 is 7.65. The third kappa shape index (κ3) is 6.12. The Morgan fingerprint density at radius 1 is 1.08 bits per heavy atom. The molecule has 0 aliphatic carbocycles. The van der Waals surface area contributed by atoms with E-state index in [4.69, 9.17) is 30.8 Å². The van der Waals surface area contributed by atoms with Crippen molar-refractivity contribution in [3.05, 3.63) is 87.3 Å². The van der Waals surface area contributed by atoms with Crippen molar-refractivity contribution >= 4 is 52.2 Å². The summed E-state index contributed by atoms with van der Waals surface area (Å²) in [5.74, 6) is 0.346. The molecule has 0 unspecified atom stereocenters. The number of aromatic carboxylic acids is 1. The minimum absolute atomic E-state index is 0.171. The van der Waals surface area contributed by atoms with Gasteiger partial charge in [0.2, 0.25) is 0 Å². The molecule has 0 aromatic heterocycles. The second-order valence-electron chi connectivity index (χ2n) is 8.06. The third-order valence-electron chi connectivity index (χ3n) is 5.56. The van der Waals surface area contributed by atoms with Crippen LogP contribution in [0.1, 0.15) is 28.4 Å². The fraction of sp³-hybridized carbons (Fsp3) is 0.179. The van der Waals surface area contributed by atoms with Gasteiger partial charge in [-0.05, 0) is 84.4 Å². The van der Waals surface area contributed by atoms with E-state index in [0.717, 1.165) is 5.56 Å². The van der Waals surface area contributed by atoms with Crippen LogP contribution in [0, 0.1) is 0 Å². The number of amidine groups is 1. The number of hydrogen-bond donors (Lipinski definition) is 1. The molecule has 10 heteroatoms. The van der Waals surface area contributed by atoms with Gasteiger partial charge in [-0.25, -0.2) is 9.79 Å². The second-order valence-corrected chi connectivity index (χ2v) is 9.48. The molecular weight excluding hydrogens is 528 g/mol. The van der Waals surface area contributed by atoms with Crippen LogP contribution in [0.2, 0.25) is 5.02 Å². The van der Waals surface area contributed by atoms with Crippen molar-refractivity contribution in [2.75, 3.05) is 20.8 Å². The number of carboxylic acid groups (broad SMARTS) is 1. The van der Waals surface area contributed by atoms with Crippen LogP contribution in [0.25, 0.3) is 6.08 Å². The third-order valence-corrected chi connectivity index (χ3v) is 6.85. The van der Waals surface area contributed by atoms with Crippen LogP contribution >= 0.6 is 23.4 Å². The van der Waals surface area contributed by atoms with Gasteiger partial charge in [-0.2, -0.15) is 0 Å². The number of rotatable bonds is 9. The maximum Gasteiger partial charge on any atom is 0.335 e. The fourth-order valence-corrected chi connectivity index (χ4v) is 5.01. The van der Waals surface area contributed by atoms with E-state index in [0.29, 0.717) is 50.2 Å². The van der Waals surface area contributed by atoms with Gasteiger partial charge in [0.1, 0.15) is 5.75 Å². The Hall–Kier alpha value is -3.95. The highest BCUT2D eigenvalue weighted by molar-refractivity contribution is 8.18. The van der Waals surface area contributed by atoms with Crippen LogP contribution in [0.15, 0.2) is 70.6 Å². The SMILES string of the molecule is CCOc1cc(/C=C2\SC(=Nc3ccc(OC)cc3)N(Cc3ccc(C(=O)O)cc3)C2=O)cc(Cl)c1OC. The van der Waals surface area contributed by atoms with Crippen molar-refractivity contribution in [1.29, 1.82) is 0 Å². The quantitative estimate of drug-likeness (QED) is 0.313. The van der Waals surface area contributed by atoms with Gasteiger partial charge < -0.3 is 19.3 Å². The van der Waals surface area contributed by atoms with Gasteiger partial charge in [-0.1, -0.05) is 23.7 Å². The highest BCUT2D eigenvalue weighted by Gasteiger charge is 2.33.